The summed E-state index contributed by atoms with van der Waals surface area (Å²) in [4.78, 5) is 12.7. The van der Waals surface area contributed by atoms with Crippen LogP contribution >= 0.6 is 0 Å². The van der Waals surface area contributed by atoms with Crippen LogP contribution in [0.25, 0.3) is 0 Å². The fourth-order valence-corrected chi connectivity index (χ4v) is 4.31. The molecular formula is C22H22F4N2O3. The lowest BCUT2D eigenvalue weighted by atomic mass is 9.88. The molecule has 3 N–H and O–H groups in total. The molecule has 0 spiro atoms. The number of hydrogen-bond donors (Lipinski definition) is 3. The van der Waals surface area contributed by atoms with Crippen molar-refractivity contribution < 1.29 is 32.2 Å². The predicted molar refractivity (Wildman–Crippen MR) is 105 cm³/mol. The van der Waals surface area contributed by atoms with Crippen molar-refractivity contribution in [1.29, 1.82) is 0 Å². The van der Waals surface area contributed by atoms with Gasteiger partial charge in [-0.3, -0.25) is 0 Å². The number of benzene rings is 2. The van der Waals surface area contributed by atoms with Crippen molar-refractivity contribution >= 4 is 11.7 Å². The largest absolute Gasteiger partial charge is 0.487 e. The van der Waals surface area contributed by atoms with Crippen molar-refractivity contribution in [2.75, 3.05) is 5.32 Å². The summed E-state index contributed by atoms with van der Waals surface area (Å²) in [5, 5.41) is 15.2. The van der Waals surface area contributed by atoms with Gasteiger partial charge < -0.3 is 20.5 Å². The second-order valence-electron chi connectivity index (χ2n) is 8.55. The molecule has 166 valence electrons. The van der Waals surface area contributed by atoms with Gasteiger partial charge in [0.2, 0.25) is 0 Å². The van der Waals surface area contributed by atoms with E-state index < -0.39 is 41.3 Å². The zero-order valence-corrected chi connectivity index (χ0v) is 16.9. The van der Waals surface area contributed by atoms with Gasteiger partial charge in [0.15, 0.2) is 0 Å². The third-order valence-corrected chi connectivity index (χ3v) is 5.61. The monoisotopic (exact) mass is 438 g/mol. The molecule has 0 saturated heterocycles. The Labute approximate surface area is 176 Å². The SMILES string of the molecule is CC1(C)C[C@@H](NC(=O)Nc2ccc(F)c3c2C[C@@H](O)C3)c2cccc(C(F)(F)F)c2O1. The summed E-state index contributed by atoms with van der Waals surface area (Å²) in [5.41, 5.74) is -0.346. The number of aliphatic hydroxyl groups excluding tert-OH is 1. The van der Waals surface area contributed by atoms with Crippen molar-refractivity contribution in [3.8, 4) is 5.75 Å². The van der Waals surface area contributed by atoms with Crippen LogP contribution in [-0.4, -0.2) is 22.8 Å². The highest BCUT2D eigenvalue weighted by molar-refractivity contribution is 5.91. The second-order valence-corrected chi connectivity index (χ2v) is 8.55. The van der Waals surface area contributed by atoms with Gasteiger partial charge in [-0.2, -0.15) is 13.2 Å². The average Bonchev–Trinajstić information content (AvgIpc) is 3.04. The number of amides is 2. The van der Waals surface area contributed by atoms with Gasteiger partial charge in [0.05, 0.1) is 17.7 Å². The smallest absolute Gasteiger partial charge is 0.419 e. The summed E-state index contributed by atoms with van der Waals surface area (Å²) in [6.07, 6.45) is -4.68. The van der Waals surface area contributed by atoms with Crippen molar-refractivity contribution in [2.24, 2.45) is 0 Å². The predicted octanol–water partition coefficient (Wildman–Crippen LogP) is 4.73. The number of anilines is 1. The first-order valence-corrected chi connectivity index (χ1v) is 9.89. The van der Waals surface area contributed by atoms with Crippen LogP contribution in [0.3, 0.4) is 0 Å². The quantitative estimate of drug-likeness (QED) is 0.594. The summed E-state index contributed by atoms with van der Waals surface area (Å²) in [6, 6.07) is 5.00. The van der Waals surface area contributed by atoms with Gasteiger partial charge >= 0.3 is 12.2 Å². The van der Waals surface area contributed by atoms with Gasteiger partial charge in [0.1, 0.15) is 17.2 Å². The molecule has 2 amide bonds. The van der Waals surface area contributed by atoms with E-state index in [1.54, 1.807) is 13.8 Å². The summed E-state index contributed by atoms with van der Waals surface area (Å²) < 4.78 is 60.0. The van der Waals surface area contributed by atoms with E-state index in [1.165, 1.54) is 24.3 Å². The molecule has 1 heterocycles. The maximum Gasteiger partial charge on any atom is 0.419 e. The standard InChI is InChI=1S/C22H22F4N2O3/c1-21(2)10-18(12-4-3-5-15(19(12)31-21)22(24,25)26)28-20(30)27-17-7-6-16(23)13-8-11(29)9-14(13)17/h3-7,11,18,29H,8-10H2,1-2H3,(H2,27,28,30)/t11-,18+/m0/s1. The highest BCUT2D eigenvalue weighted by Gasteiger charge is 2.42. The highest BCUT2D eigenvalue weighted by atomic mass is 19.4. The van der Waals surface area contributed by atoms with Crippen molar-refractivity contribution in [1.82, 2.24) is 5.32 Å². The Kier molecular flexibility index (Phi) is 5.12. The number of hydrogen-bond acceptors (Lipinski definition) is 3. The number of ether oxygens (including phenoxy) is 1. The molecule has 31 heavy (non-hydrogen) atoms. The molecular weight excluding hydrogens is 416 g/mol. The van der Waals surface area contributed by atoms with E-state index in [4.69, 9.17) is 4.74 Å². The maximum atomic E-state index is 14.0. The highest BCUT2D eigenvalue weighted by Crippen LogP contribution is 2.46. The number of nitrogens with one attached hydrogen (secondary N) is 2. The van der Waals surface area contributed by atoms with E-state index in [2.05, 4.69) is 10.6 Å². The van der Waals surface area contributed by atoms with E-state index in [0.29, 0.717) is 16.8 Å². The Bertz CT molecular complexity index is 1040. The molecule has 2 aromatic carbocycles. The van der Waals surface area contributed by atoms with Crippen LogP contribution in [0.5, 0.6) is 5.75 Å². The molecule has 1 aliphatic heterocycles. The zero-order valence-electron chi connectivity index (χ0n) is 16.9. The third kappa shape index (κ3) is 4.19. The van der Waals surface area contributed by atoms with Crippen LogP contribution < -0.4 is 15.4 Å². The third-order valence-electron chi connectivity index (χ3n) is 5.61. The molecule has 1 aliphatic carbocycles. The van der Waals surface area contributed by atoms with Gasteiger partial charge in [-0.1, -0.05) is 12.1 Å². The molecule has 2 aromatic rings. The first-order valence-electron chi connectivity index (χ1n) is 9.89. The van der Waals surface area contributed by atoms with E-state index in [1.807, 2.05) is 0 Å². The average molecular weight is 438 g/mol. The number of carbonyl (C=O) groups excluding carboxylic acids is 1. The van der Waals surface area contributed by atoms with Gasteiger partial charge in [-0.15, -0.1) is 0 Å². The van der Waals surface area contributed by atoms with Crippen molar-refractivity contribution in [2.45, 2.75) is 57.0 Å². The Morgan fingerprint density at radius 1 is 1.16 bits per heavy atom. The Balaban J connectivity index is 1.60. The minimum absolute atomic E-state index is 0.167. The number of aliphatic hydroxyl groups is 1. The van der Waals surface area contributed by atoms with Crippen LogP contribution in [-0.2, 0) is 19.0 Å². The number of carbonyl (C=O) groups is 1. The van der Waals surface area contributed by atoms with Crippen LogP contribution in [0.4, 0.5) is 28.0 Å². The molecule has 5 nitrogen and oxygen atoms in total. The summed E-state index contributed by atoms with van der Waals surface area (Å²) in [6.45, 7) is 3.31. The second kappa shape index (κ2) is 7.40. The molecule has 0 saturated carbocycles. The lowest BCUT2D eigenvalue weighted by Gasteiger charge is -2.39. The number of alkyl halides is 3. The van der Waals surface area contributed by atoms with E-state index in [0.717, 1.165) is 6.07 Å². The van der Waals surface area contributed by atoms with Crippen LogP contribution in [0.1, 0.15) is 48.6 Å². The first kappa shape index (κ1) is 21.4. The van der Waals surface area contributed by atoms with Crippen LogP contribution in [0, 0.1) is 5.82 Å². The number of para-hydroxylation sites is 1. The zero-order chi connectivity index (χ0) is 22.6. The fraction of sp³-hybridized carbons (Fsp3) is 0.409. The van der Waals surface area contributed by atoms with Crippen molar-refractivity contribution in [3.05, 3.63) is 58.4 Å². The molecule has 4 rings (SSSR count). The van der Waals surface area contributed by atoms with Gasteiger partial charge in [-0.05, 0) is 43.2 Å². The lowest BCUT2D eigenvalue weighted by Crippen LogP contribution is -2.43. The molecule has 2 aliphatic rings. The molecule has 0 bridgehead atoms. The summed E-state index contributed by atoms with van der Waals surface area (Å²) >= 11 is 0. The molecule has 0 unspecified atom stereocenters. The molecule has 0 aromatic heterocycles. The van der Waals surface area contributed by atoms with Gasteiger partial charge in [0, 0.05) is 30.5 Å². The Morgan fingerprint density at radius 3 is 2.58 bits per heavy atom. The van der Waals surface area contributed by atoms with E-state index >= 15 is 0 Å². The minimum Gasteiger partial charge on any atom is -0.487 e. The van der Waals surface area contributed by atoms with Crippen LogP contribution in [0.15, 0.2) is 30.3 Å². The maximum absolute atomic E-state index is 14.0. The first-order chi connectivity index (χ1) is 14.4. The number of rotatable bonds is 2. The molecule has 0 radical (unpaired) electrons. The number of halogens is 4. The fourth-order valence-electron chi connectivity index (χ4n) is 4.31. The molecule has 9 heteroatoms. The normalized spacial score (nSPS) is 21.6. The van der Waals surface area contributed by atoms with Crippen molar-refractivity contribution in [3.63, 3.8) is 0 Å². The van der Waals surface area contributed by atoms with Crippen LogP contribution in [0.2, 0.25) is 0 Å². The van der Waals surface area contributed by atoms with E-state index in [9.17, 15) is 27.5 Å². The molecule has 0 fully saturated rings. The van der Waals surface area contributed by atoms with E-state index in [-0.39, 0.29) is 30.6 Å². The lowest BCUT2D eigenvalue weighted by molar-refractivity contribution is -0.140. The Morgan fingerprint density at radius 2 is 1.87 bits per heavy atom. The number of fused-ring (bicyclic) bond motifs is 2. The van der Waals surface area contributed by atoms with Gasteiger partial charge in [-0.25, -0.2) is 9.18 Å². The van der Waals surface area contributed by atoms with Gasteiger partial charge in [0.25, 0.3) is 0 Å². The Hall–Kier alpha value is -2.81. The minimum atomic E-state index is -4.60. The topological polar surface area (TPSA) is 70.6 Å². The summed E-state index contributed by atoms with van der Waals surface area (Å²) in [7, 11) is 0. The summed E-state index contributed by atoms with van der Waals surface area (Å²) in [5.74, 6) is -0.736. The molecule has 2 atom stereocenters. The number of urea groups is 1.